The molecule has 2 N–H and O–H groups in total. The van der Waals surface area contributed by atoms with Gasteiger partial charge in [0.2, 0.25) is 0 Å². The lowest BCUT2D eigenvalue weighted by Gasteiger charge is -2.45. The Morgan fingerprint density at radius 3 is 2.26 bits per heavy atom. The van der Waals surface area contributed by atoms with Crippen LogP contribution in [0.15, 0.2) is 12.1 Å². The molecule has 0 aromatic heterocycles. The van der Waals surface area contributed by atoms with Crippen LogP contribution in [0.1, 0.15) is 23.6 Å². The van der Waals surface area contributed by atoms with Crippen LogP contribution >= 0.6 is 0 Å². The van der Waals surface area contributed by atoms with Crippen molar-refractivity contribution in [2.45, 2.75) is 39.8 Å². The quantitative estimate of drug-likeness (QED) is 0.884. The van der Waals surface area contributed by atoms with E-state index < -0.39 is 0 Å². The Morgan fingerprint density at radius 1 is 1.16 bits per heavy atom. The zero-order valence-electron chi connectivity index (χ0n) is 12.9. The Morgan fingerprint density at radius 2 is 1.74 bits per heavy atom. The average Bonchev–Trinajstić information content (AvgIpc) is 2.30. The minimum atomic E-state index is 0.455. The van der Waals surface area contributed by atoms with E-state index >= 15 is 0 Å². The molecule has 1 aliphatic rings. The zero-order chi connectivity index (χ0) is 14.2. The largest absolute Gasteiger partial charge is 0.365 e. The molecule has 2 atom stereocenters. The standard InChI is InChI=1S/C16H27N3/c1-11-6-12(2)16(13(3)7-11)19-10-15(8-17)18(5)9-14(19)4/h6-7,14-15H,8-10,17H2,1-5H3. The topological polar surface area (TPSA) is 32.5 Å². The van der Waals surface area contributed by atoms with E-state index in [1.165, 1.54) is 22.4 Å². The third-order valence-corrected chi connectivity index (χ3v) is 4.31. The number of nitrogens with zero attached hydrogens (tertiary/aromatic N) is 2. The molecule has 0 amide bonds. The van der Waals surface area contributed by atoms with Crippen LogP contribution in [0.3, 0.4) is 0 Å². The second kappa shape index (κ2) is 5.51. The molecular weight excluding hydrogens is 234 g/mol. The fourth-order valence-electron chi connectivity index (χ4n) is 3.40. The van der Waals surface area contributed by atoms with Crippen molar-refractivity contribution in [2.75, 3.05) is 31.6 Å². The van der Waals surface area contributed by atoms with Crippen LogP contribution in [-0.2, 0) is 0 Å². The van der Waals surface area contributed by atoms with E-state index in [9.17, 15) is 0 Å². The highest BCUT2D eigenvalue weighted by Gasteiger charge is 2.30. The molecule has 1 fully saturated rings. The van der Waals surface area contributed by atoms with Gasteiger partial charge in [-0.1, -0.05) is 17.7 Å². The highest BCUT2D eigenvalue weighted by Crippen LogP contribution is 2.30. The fraction of sp³-hybridized carbons (Fsp3) is 0.625. The minimum Gasteiger partial charge on any atom is -0.365 e. The lowest BCUT2D eigenvalue weighted by molar-refractivity contribution is 0.197. The van der Waals surface area contributed by atoms with Gasteiger partial charge in [0.05, 0.1) is 0 Å². The number of rotatable bonds is 2. The van der Waals surface area contributed by atoms with Crippen molar-refractivity contribution in [3.05, 3.63) is 28.8 Å². The summed E-state index contributed by atoms with van der Waals surface area (Å²) < 4.78 is 0. The van der Waals surface area contributed by atoms with Crippen LogP contribution in [0.2, 0.25) is 0 Å². The van der Waals surface area contributed by atoms with Crippen LogP contribution in [-0.4, -0.2) is 43.7 Å². The van der Waals surface area contributed by atoms with Gasteiger partial charge in [-0.25, -0.2) is 0 Å². The molecule has 1 aromatic carbocycles. The van der Waals surface area contributed by atoms with Crippen LogP contribution in [0, 0.1) is 20.8 Å². The maximum atomic E-state index is 5.91. The maximum absolute atomic E-state index is 5.91. The normalized spacial score (nSPS) is 24.8. The van der Waals surface area contributed by atoms with Crippen molar-refractivity contribution < 1.29 is 0 Å². The number of nitrogens with two attached hydrogens (primary N) is 1. The summed E-state index contributed by atoms with van der Waals surface area (Å²) in [7, 11) is 2.18. The lowest BCUT2D eigenvalue weighted by Crippen LogP contribution is -2.58. The van der Waals surface area contributed by atoms with Gasteiger partial charge >= 0.3 is 0 Å². The SMILES string of the molecule is Cc1cc(C)c(N2CC(CN)N(C)CC2C)c(C)c1. The molecule has 3 heteroatoms. The molecule has 19 heavy (non-hydrogen) atoms. The molecule has 0 aliphatic carbocycles. The average molecular weight is 261 g/mol. The molecule has 0 radical (unpaired) electrons. The van der Waals surface area contributed by atoms with Gasteiger partial charge in [-0.15, -0.1) is 0 Å². The van der Waals surface area contributed by atoms with Crippen molar-refractivity contribution in [1.29, 1.82) is 0 Å². The summed E-state index contributed by atoms with van der Waals surface area (Å²) in [5.41, 5.74) is 11.4. The third-order valence-electron chi connectivity index (χ3n) is 4.31. The first-order valence-electron chi connectivity index (χ1n) is 7.18. The molecule has 1 saturated heterocycles. The molecule has 1 aliphatic heterocycles. The van der Waals surface area contributed by atoms with Crippen molar-refractivity contribution in [3.8, 4) is 0 Å². The van der Waals surface area contributed by atoms with E-state index in [1.54, 1.807) is 0 Å². The molecule has 0 saturated carbocycles. The van der Waals surface area contributed by atoms with Gasteiger partial charge in [0.25, 0.3) is 0 Å². The highest BCUT2D eigenvalue weighted by molar-refractivity contribution is 5.61. The Hall–Kier alpha value is -1.06. The number of hydrogen-bond acceptors (Lipinski definition) is 3. The van der Waals surface area contributed by atoms with E-state index in [0.717, 1.165) is 19.6 Å². The molecule has 0 spiro atoms. The maximum Gasteiger partial charge on any atom is 0.0429 e. The molecule has 0 bridgehead atoms. The first-order chi connectivity index (χ1) is 8.93. The number of piperazine rings is 1. The van der Waals surface area contributed by atoms with Crippen LogP contribution in [0.4, 0.5) is 5.69 Å². The zero-order valence-corrected chi connectivity index (χ0v) is 12.9. The number of anilines is 1. The number of hydrogen-bond donors (Lipinski definition) is 1. The van der Waals surface area contributed by atoms with Gasteiger partial charge in [-0.3, -0.25) is 4.90 Å². The van der Waals surface area contributed by atoms with Crippen LogP contribution in [0.25, 0.3) is 0 Å². The summed E-state index contributed by atoms with van der Waals surface area (Å²) >= 11 is 0. The summed E-state index contributed by atoms with van der Waals surface area (Å²) in [6.45, 7) is 11.7. The Kier molecular flexibility index (Phi) is 4.16. The Bertz CT molecular complexity index is 432. The van der Waals surface area contributed by atoms with E-state index in [2.05, 4.69) is 56.7 Å². The Balaban J connectivity index is 2.35. The molecule has 2 rings (SSSR count). The van der Waals surface area contributed by atoms with Crippen molar-refractivity contribution in [1.82, 2.24) is 4.90 Å². The third kappa shape index (κ3) is 2.77. The number of aryl methyl sites for hydroxylation is 3. The van der Waals surface area contributed by atoms with E-state index in [4.69, 9.17) is 5.73 Å². The first-order valence-corrected chi connectivity index (χ1v) is 7.18. The second-order valence-corrected chi connectivity index (χ2v) is 6.08. The fourth-order valence-corrected chi connectivity index (χ4v) is 3.40. The summed E-state index contributed by atoms with van der Waals surface area (Å²) in [4.78, 5) is 4.93. The van der Waals surface area contributed by atoms with E-state index in [-0.39, 0.29) is 0 Å². The monoisotopic (exact) mass is 261 g/mol. The molecule has 3 nitrogen and oxygen atoms in total. The minimum absolute atomic E-state index is 0.455. The van der Waals surface area contributed by atoms with Gasteiger partial charge < -0.3 is 10.6 Å². The predicted octanol–water partition coefficient (Wildman–Crippen LogP) is 2.08. The molecular formula is C16H27N3. The smallest absolute Gasteiger partial charge is 0.0429 e. The van der Waals surface area contributed by atoms with Gasteiger partial charge in [0.1, 0.15) is 0 Å². The molecule has 1 aromatic rings. The lowest BCUT2D eigenvalue weighted by atomic mass is 10.00. The first kappa shape index (κ1) is 14.4. The van der Waals surface area contributed by atoms with Crippen molar-refractivity contribution >= 4 is 5.69 Å². The van der Waals surface area contributed by atoms with Gasteiger partial charge in [0.15, 0.2) is 0 Å². The molecule has 1 heterocycles. The van der Waals surface area contributed by atoms with Gasteiger partial charge in [0, 0.05) is 37.4 Å². The summed E-state index contributed by atoms with van der Waals surface area (Å²) in [5, 5.41) is 0. The van der Waals surface area contributed by atoms with Crippen LogP contribution < -0.4 is 10.6 Å². The highest BCUT2D eigenvalue weighted by atomic mass is 15.3. The van der Waals surface area contributed by atoms with E-state index in [1.807, 2.05) is 0 Å². The number of benzene rings is 1. The summed E-state index contributed by atoms with van der Waals surface area (Å²) in [5.74, 6) is 0. The number of likely N-dealkylation sites (N-methyl/N-ethyl adjacent to an activating group) is 1. The Labute approximate surface area is 117 Å². The van der Waals surface area contributed by atoms with Gasteiger partial charge in [-0.05, 0) is 45.9 Å². The van der Waals surface area contributed by atoms with Crippen molar-refractivity contribution in [3.63, 3.8) is 0 Å². The summed E-state index contributed by atoms with van der Waals surface area (Å²) in [6, 6.07) is 5.56. The molecule has 106 valence electrons. The summed E-state index contributed by atoms with van der Waals surface area (Å²) in [6.07, 6.45) is 0. The van der Waals surface area contributed by atoms with Gasteiger partial charge in [-0.2, -0.15) is 0 Å². The van der Waals surface area contributed by atoms with Crippen molar-refractivity contribution in [2.24, 2.45) is 5.73 Å². The van der Waals surface area contributed by atoms with E-state index in [0.29, 0.717) is 12.1 Å². The molecule has 2 unspecified atom stereocenters. The predicted molar refractivity (Wildman–Crippen MR) is 82.9 cm³/mol. The second-order valence-electron chi connectivity index (χ2n) is 6.08. The van der Waals surface area contributed by atoms with Crippen LogP contribution in [0.5, 0.6) is 0 Å².